The molecule has 2 N–H and O–H groups in total. The van der Waals surface area contributed by atoms with E-state index < -0.39 is 6.61 Å². The maximum absolute atomic E-state index is 12.7. The van der Waals surface area contributed by atoms with Gasteiger partial charge in [0.05, 0.1) is 13.7 Å². The van der Waals surface area contributed by atoms with Crippen LogP contribution < -0.4 is 25.7 Å². The number of ether oxygens (including phenoxy) is 2. The zero-order chi connectivity index (χ0) is 22.6. The van der Waals surface area contributed by atoms with Gasteiger partial charge in [-0.25, -0.2) is 4.99 Å². The average molecular weight is 564 g/mol. The highest BCUT2D eigenvalue weighted by Gasteiger charge is 2.11. The average Bonchev–Trinajstić information content (AvgIpc) is 2.74. The number of rotatable bonds is 11. The van der Waals surface area contributed by atoms with Crippen molar-refractivity contribution in [1.29, 1.82) is 0 Å². The molecule has 0 aliphatic rings. The van der Waals surface area contributed by atoms with Crippen molar-refractivity contribution in [1.82, 2.24) is 15.2 Å². The van der Waals surface area contributed by atoms with Gasteiger partial charge in [0.2, 0.25) is 0 Å². The van der Waals surface area contributed by atoms with Crippen molar-refractivity contribution in [3.05, 3.63) is 58.0 Å². The molecule has 2 aromatic rings. The van der Waals surface area contributed by atoms with E-state index in [2.05, 4.69) is 20.4 Å². The number of aromatic nitrogens is 1. The monoisotopic (exact) mass is 564 g/mol. The lowest BCUT2D eigenvalue weighted by Gasteiger charge is -2.14. The first-order chi connectivity index (χ1) is 14.9. The number of pyridine rings is 1. The zero-order valence-corrected chi connectivity index (χ0v) is 20.9. The molecule has 2 rings (SSSR count). The number of nitrogens with one attached hydrogen (secondary N) is 2. The van der Waals surface area contributed by atoms with Crippen LogP contribution in [0, 0.1) is 6.92 Å². The molecule has 0 aliphatic heterocycles. The normalized spacial score (nSPS) is 11.1. The van der Waals surface area contributed by atoms with Crippen molar-refractivity contribution in [2.45, 2.75) is 46.4 Å². The van der Waals surface area contributed by atoms with E-state index in [4.69, 9.17) is 4.74 Å². The minimum atomic E-state index is -2.91. The standard InChI is InChI=1S/C22H30F2N4O3.HI/c1-4-25-22(26-12-5-6-13-28-16(2)8-7-9-20(28)29)27-15-17-14-18(30-3)10-11-19(17)31-21(23)24;/h7-11,14,21H,4-6,12-13,15H2,1-3H3,(H2,25,26,27);1H. The zero-order valence-electron chi connectivity index (χ0n) is 18.6. The number of hydrogen-bond donors (Lipinski definition) is 2. The molecule has 1 aromatic carbocycles. The van der Waals surface area contributed by atoms with Gasteiger partial charge in [-0.05, 0) is 51.0 Å². The number of nitrogens with zero attached hydrogens (tertiary/aromatic N) is 2. The van der Waals surface area contributed by atoms with Crippen molar-refractivity contribution in [3.63, 3.8) is 0 Å². The van der Waals surface area contributed by atoms with Crippen molar-refractivity contribution in [2.24, 2.45) is 4.99 Å². The van der Waals surface area contributed by atoms with Crippen LogP contribution in [0.25, 0.3) is 0 Å². The van der Waals surface area contributed by atoms with Crippen LogP contribution in [-0.2, 0) is 13.1 Å². The first-order valence-corrected chi connectivity index (χ1v) is 10.2. The van der Waals surface area contributed by atoms with Crippen LogP contribution in [0.4, 0.5) is 8.78 Å². The third-order valence-corrected chi connectivity index (χ3v) is 4.60. The lowest BCUT2D eigenvalue weighted by atomic mass is 10.2. The molecule has 0 radical (unpaired) electrons. The number of halogens is 3. The second-order valence-corrected chi connectivity index (χ2v) is 6.84. The molecule has 32 heavy (non-hydrogen) atoms. The summed E-state index contributed by atoms with van der Waals surface area (Å²) in [4.78, 5) is 16.4. The van der Waals surface area contributed by atoms with Gasteiger partial charge >= 0.3 is 6.61 Å². The van der Waals surface area contributed by atoms with Crippen LogP contribution >= 0.6 is 24.0 Å². The van der Waals surface area contributed by atoms with Gasteiger partial charge < -0.3 is 24.7 Å². The van der Waals surface area contributed by atoms with E-state index in [0.29, 0.717) is 36.9 Å². The summed E-state index contributed by atoms with van der Waals surface area (Å²) in [6, 6.07) is 9.88. The number of methoxy groups -OCH3 is 1. The maximum atomic E-state index is 12.7. The molecule has 7 nitrogen and oxygen atoms in total. The number of hydrogen-bond acceptors (Lipinski definition) is 4. The third-order valence-electron chi connectivity index (χ3n) is 4.60. The third kappa shape index (κ3) is 9.01. The molecule has 178 valence electrons. The Labute approximate surface area is 204 Å². The highest BCUT2D eigenvalue weighted by Crippen LogP contribution is 2.26. The summed E-state index contributed by atoms with van der Waals surface area (Å²) in [6.07, 6.45) is 1.67. The van der Waals surface area contributed by atoms with Gasteiger partial charge in [0.1, 0.15) is 11.5 Å². The molecule has 1 heterocycles. The topological polar surface area (TPSA) is 76.9 Å². The van der Waals surface area contributed by atoms with Crippen molar-refractivity contribution in [3.8, 4) is 11.5 Å². The molecule has 10 heteroatoms. The van der Waals surface area contributed by atoms with Gasteiger partial charge in [0.25, 0.3) is 5.56 Å². The summed E-state index contributed by atoms with van der Waals surface area (Å²) < 4.78 is 36.9. The van der Waals surface area contributed by atoms with E-state index in [0.717, 1.165) is 18.5 Å². The van der Waals surface area contributed by atoms with E-state index in [1.807, 2.05) is 19.9 Å². The van der Waals surface area contributed by atoms with Crippen LogP contribution in [0.15, 0.2) is 46.2 Å². The van der Waals surface area contributed by atoms with Gasteiger partial charge in [-0.3, -0.25) is 4.79 Å². The Morgan fingerprint density at radius 2 is 1.97 bits per heavy atom. The SMILES string of the molecule is CCNC(=NCc1cc(OC)ccc1OC(F)F)NCCCCn1c(C)cccc1=O.I. The van der Waals surface area contributed by atoms with Crippen LogP contribution in [0.5, 0.6) is 11.5 Å². The van der Waals surface area contributed by atoms with E-state index in [9.17, 15) is 13.6 Å². The second-order valence-electron chi connectivity index (χ2n) is 6.84. The number of alkyl halides is 2. The van der Waals surface area contributed by atoms with Gasteiger partial charge in [-0.1, -0.05) is 6.07 Å². The minimum absolute atomic E-state index is 0. The quantitative estimate of drug-likeness (QED) is 0.187. The number of benzene rings is 1. The van der Waals surface area contributed by atoms with Crippen molar-refractivity contribution in [2.75, 3.05) is 20.2 Å². The molecule has 0 spiro atoms. The Morgan fingerprint density at radius 1 is 1.19 bits per heavy atom. The summed E-state index contributed by atoms with van der Waals surface area (Å²) >= 11 is 0. The van der Waals surface area contributed by atoms with Gasteiger partial charge in [-0.2, -0.15) is 8.78 Å². The van der Waals surface area contributed by atoms with Crippen molar-refractivity contribution < 1.29 is 18.3 Å². The minimum Gasteiger partial charge on any atom is -0.497 e. The van der Waals surface area contributed by atoms with Gasteiger partial charge in [0, 0.05) is 37.0 Å². The predicted molar refractivity (Wildman–Crippen MR) is 133 cm³/mol. The summed E-state index contributed by atoms with van der Waals surface area (Å²) in [7, 11) is 1.51. The molecular formula is C22H31F2IN4O3. The molecule has 0 fully saturated rings. The number of guanidine groups is 1. The predicted octanol–water partition coefficient (Wildman–Crippen LogP) is 3.92. The van der Waals surface area contributed by atoms with E-state index >= 15 is 0 Å². The van der Waals surface area contributed by atoms with Gasteiger partial charge in [0.15, 0.2) is 5.96 Å². The number of aryl methyl sites for hydroxylation is 1. The maximum Gasteiger partial charge on any atom is 0.387 e. The first kappa shape index (κ1) is 27.7. The Kier molecular flexibility index (Phi) is 12.7. The summed E-state index contributed by atoms with van der Waals surface area (Å²) in [5, 5.41) is 6.36. The highest BCUT2D eigenvalue weighted by atomic mass is 127. The van der Waals surface area contributed by atoms with Crippen molar-refractivity contribution >= 4 is 29.9 Å². The fourth-order valence-electron chi connectivity index (χ4n) is 3.03. The van der Waals surface area contributed by atoms with E-state index in [-0.39, 0.29) is 41.8 Å². The molecule has 0 bridgehead atoms. The molecule has 0 amide bonds. The Bertz CT molecular complexity index is 922. The van der Waals surface area contributed by atoms with Crippen LogP contribution in [0.2, 0.25) is 0 Å². The largest absolute Gasteiger partial charge is 0.497 e. The first-order valence-electron chi connectivity index (χ1n) is 10.2. The molecule has 0 aliphatic carbocycles. The van der Waals surface area contributed by atoms with Crippen LogP contribution in [0.1, 0.15) is 31.0 Å². The van der Waals surface area contributed by atoms with Crippen LogP contribution in [0.3, 0.4) is 0 Å². The summed E-state index contributed by atoms with van der Waals surface area (Å²) in [6.45, 7) is 3.06. The molecule has 1 aromatic heterocycles. The molecular weight excluding hydrogens is 533 g/mol. The molecule has 0 atom stereocenters. The Hall–Kier alpha value is -2.37. The summed E-state index contributed by atoms with van der Waals surface area (Å²) in [5.41, 5.74) is 1.44. The van der Waals surface area contributed by atoms with E-state index in [1.165, 1.54) is 13.2 Å². The fraction of sp³-hybridized carbons (Fsp3) is 0.455. The molecule has 0 saturated heterocycles. The lowest BCUT2D eigenvalue weighted by molar-refractivity contribution is -0.0504. The highest BCUT2D eigenvalue weighted by molar-refractivity contribution is 14.0. The Balaban J connectivity index is 0.00000512. The fourth-order valence-corrected chi connectivity index (χ4v) is 3.03. The molecule has 0 unspecified atom stereocenters. The number of aliphatic imine (C=N–C) groups is 1. The Morgan fingerprint density at radius 3 is 2.62 bits per heavy atom. The van der Waals surface area contributed by atoms with E-state index in [1.54, 1.807) is 28.8 Å². The second kappa shape index (κ2) is 14.6. The number of unbranched alkanes of at least 4 members (excludes halogenated alkanes) is 1. The lowest BCUT2D eigenvalue weighted by Crippen LogP contribution is -2.37. The van der Waals surface area contributed by atoms with Gasteiger partial charge in [-0.15, -0.1) is 24.0 Å². The smallest absolute Gasteiger partial charge is 0.387 e. The summed E-state index contributed by atoms with van der Waals surface area (Å²) in [5.74, 6) is 1.18. The van der Waals surface area contributed by atoms with Crippen LogP contribution in [-0.4, -0.2) is 37.3 Å². The molecule has 0 saturated carbocycles.